The van der Waals surface area contributed by atoms with Crippen molar-refractivity contribution in [2.45, 2.75) is 16.4 Å². The molecule has 24 heavy (non-hydrogen) atoms. The van der Waals surface area contributed by atoms with E-state index < -0.39 is 11.6 Å². The predicted octanol–water partition coefficient (Wildman–Crippen LogP) is 2.55. The van der Waals surface area contributed by atoms with Crippen LogP contribution in [0.2, 0.25) is 0 Å². The van der Waals surface area contributed by atoms with Gasteiger partial charge in [-0.1, -0.05) is 11.8 Å². The molecule has 2 aromatic heterocycles. The second-order valence-electron chi connectivity index (χ2n) is 4.75. The van der Waals surface area contributed by atoms with Crippen molar-refractivity contribution >= 4 is 23.3 Å². The molecular weight excluding hydrogens is 330 g/mol. The van der Waals surface area contributed by atoms with Gasteiger partial charge < -0.3 is 9.15 Å². The van der Waals surface area contributed by atoms with Crippen LogP contribution in [-0.4, -0.2) is 33.9 Å². The molecule has 7 nitrogen and oxygen atoms in total. The summed E-state index contributed by atoms with van der Waals surface area (Å²) < 4.78 is 10.7. The third kappa shape index (κ3) is 3.72. The summed E-state index contributed by atoms with van der Waals surface area (Å²) in [6, 6.07) is 11.0. The molecule has 0 fully saturated rings. The van der Waals surface area contributed by atoms with Gasteiger partial charge in [-0.3, -0.25) is 14.7 Å². The number of furan rings is 1. The Hall–Kier alpha value is -2.87. The Morgan fingerprint density at radius 3 is 2.67 bits per heavy atom. The van der Waals surface area contributed by atoms with Crippen molar-refractivity contribution in [3.63, 3.8) is 0 Å². The van der Waals surface area contributed by atoms with Crippen LogP contribution >= 0.6 is 11.8 Å². The molecule has 0 saturated carbocycles. The van der Waals surface area contributed by atoms with Crippen LogP contribution in [0, 0.1) is 0 Å². The van der Waals surface area contributed by atoms with Crippen LogP contribution in [0.4, 0.5) is 0 Å². The van der Waals surface area contributed by atoms with Gasteiger partial charge in [0.25, 0.3) is 5.78 Å². The summed E-state index contributed by atoms with van der Waals surface area (Å²) in [6.45, 7) is 0. The molecule has 0 aliphatic carbocycles. The topological polar surface area (TPSA) is 98.1 Å². The summed E-state index contributed by atoms with van der Waals surface area (Å²) in [5.74, 6) is -0.309. The number of hydrogen-bond acceptors (Lipinski definition) is 7. The smallest absolute Gasteiger partial charge is 0.268 e. The summed E-state index contributed by atoms with van der Waals surface area (Å²) in [5, 5.41) is 6.63. The Morgan fingerprint density at radius 1 is 1.21 bits per heavy atom. The van der Waals surface area contributed by atoms with Gasteiger partial charge in [-0.15, -0.1) is 5.10 Å². The Balaban J connectivity index is 1.62. The van der Waals surface area contributed by atoms with E-state index in [1.165, 1.54) is 18.1 Å². The van der Waals surface area contributed by atoms with E-state index in [0.29, 0.717) is 10.9 Å². The number of ether oxygens (including phenoxy) is 1. The summed E-state index contributed by atoms with van der Waals surface area (Å²) >= 11 is 1.41. The lowest BCUT2D eigenvalue weighted by atomic mass is 10.1. The minimum absolute atomic E-state index is 0.128. The fourth-order valence-corrected chi connectivity index (χ4v) is 2.74. The van der Waals surface area contributed by atoms with Crippen molar-refractivity contribution in [2.75, 3.05) is 7.11 Å². The van der Waals surface area contributed by atoms with Gasteiger partial charge in [0, 0.05) is 4.90 Å². The van der Waals surface area contributed by atoms with Crippen molar-refractivity contribution in [3.05, 3.63) is 54.3 Å². The number of methoxy groups -OCH3 is 1. The number of Topliss-reactive ketones (excluding diaryl/α,β-unsaturated/α-hetero) is 2. The van der Waals surface area contributed by atoms with Crippen molar-refractivity contribution in [1.29, 1.82) is 0 Å². The summed E-state index contributed by atoms with van der Waals surface area (Å²) in [4.78, 5) is 28.4. The second kappa shape index (κ2) is 7.14. The summed E-state index contributed by atoms with van der Waals surface area (Å²) in [7, 11) is 1.61. The Bertz CT molecular complexity index is 841. The Morgan fingerprint density at radius 2 is 2.00 bits per heavy atom. The number of H-pyrrole nitrogens is 1. The molecule has 8 heteroatoms. The number of carbonyl (C=O) groups excluding carboxylic acids is 2. The van der Waals surface area contributed by atoms with Gasteiger partial charge in [-0.2, -0.15) is 0 Å². The maximum Gasteiger partial charge on any atom is 0.268 e. The van der Waals surface area contributed by atoms with Crippen LogP contribution in [0.3, 0.4) is 0 Å². The van der Waals surface area contributed by atoms with E-state index in [2.05, 4.69) is 15.2 Å². The lowest BCUT2D eigenvalue weighted by Crippen LogP contribution is -2.17. The fourth-order valence-electron chi connectivity index (χ4n) is 1.95. The molecule has 3 rings (SSSR count). The first kappa shape index (κ1) is 16.0. The van der Waals surface area contributed by atoms with E-state index >= 15 is 0 Å². The number of nitrogens with zero attached hydrogens (tertiary/aromatic N) is 2. The highest BCUT2D eigenvalue weighted by molar-refractivity contribution is 7.99. The zero-order chi connectivity index (χ0) is 16.9. The lowest BCUT2D eigenvalue weighted by Gasteiger charge is -2.01. The fraction of sp³-hybridized carbons (Fsp3) is 0.125. The average Bonchev–Trinajstić information content (AvgIpc) is 3.27. The third-order valence-corrected chi connectivity index (χ3v) is 4.05. The zero-order valence-electron chi connectivity index (χ0n) is 12.7. The van der Waals surface area contributed by atoms with Gasteiger partial charge in [0.2, 0.25) is 11.6 Å². The molecule has 0 saturated heterocycles. The van der Waals surface area contributed by atoms with E-state index in [4.69, 9.17) is 9.15 Å². The molecule has 1 aromatic carbocycles. The van der Waals surface area contributed by atoms with Gasteiger partial charge in [0.15, 0.2) is 5.09 Å². The number of ketones is 2. The minimum atomic E-state index is -0.739. The van der Waals surface area contributed by atoms with Crippen LogP contribution in [-0.2, 0) is 11.2 Å². The molecule has 0 bridgehead atoms. The highest BCUT2D eigenvalue weighted by Crippen LogP contribution is 2.30. The SMILES string of the molecule is COc1ccc(Sc2ccc(CC(=O)C(=O)c3nc[nH]n3)o2)cc1. The number of benzene rings is 1. The normalized spacial score (nSPS) is 10.5. The largest absolute Gasteiger partial charge is 0.497 e. The van der Waals surface area contributed by atoms with Gasteiger partial charge in [-0.25, -0.2) is 4.98 Å². The third-order valence-electron chi connectivity index (χ3n) is 3.12. The van der Waals surface area contributed by atoms with Gasteiger partial charge in [-0.05, 0) is 36.4 Å². The van der Waals surface area contributed by atoms with Gasteiger partial charge in [0.1, 0.15) is 17.8 Å². The molecule has 0 spiro atoms. The average molecular weight is 343 g/mol. The van der Waals surface area contributed by atoms with Gasteiger partial charge >= 0.3 is 0 Å². The highest BCUT2D eigenvalue weighted by atomic mass is 32.2. The van der Waals surface area contributed by atoms with Crippen LogP contribution in [0.1, 0.15) is 16.4 Å². The first-order chi connectivity index (χ1) is 11.7. The second-order valence-corrected chi connectivity index (χ2v) is 5.83. The Labute approximate surface area is 141 Å². The maximum absolute atomic E-state index is 11.9. The predicted molar refractivity (Wildman–Crippen MR) is 85.2 cm³/mol. The molecule has 3 aromatic rings. The quantitative estimate of drug-likeness (QED) is 0.520. The van der Waals surface area contributed by atoms with Crippen LogP contribution in [0.25, 0.3) is 0 Å². The van der Waals surface area contributed by atoms with Crippen molar-refractivity contribution in [2.24, 2.45) is 0 Å². The molecule has 1 N–H and O–H groups in total. The van der Waals surface area contributed by atoms with Crippen molar-refractivity contribution in [3.8, 4) is 5.75 Å². The van der Waals surface area contributed by atoms with Crippen LogP contribution in [0.15, 0.2) is 57.1 Å². The molecule has 0 aliphatic heterocycles. The highest BCUT2D eigenvalue weighted by Gasteiger charge is 2.21. The van der Waals surface area contributed by atoms with E-state index in [0.717, 1.165) is 10.6 Å². The van der Waals surface area contributed by atoms with Gasteiger partial charge in [0.05, 0.1) is 13.5 Å². The summed E-state index contributed by atoms with van der Waals surface area (Å²) in [6.07, 6.45) is 1.12. The van der Waals surface area contributed by atoms with E-state index in [-0.39, 0.29) is 12.2 Å². The van der Waals surface area contributed by atoms with E-state index in [9.17, 15) is 9.59 Å². The standard InChI is InChI=1S/C16H13N3O4S/c1-22-10-2-5-12(6-3-10)24-14-7-4-11(23-14)8-13(20)15(21)16-17-9-18-19-16/h2-7,9H,8H2,1H3,(H,17,18,19). The van der Waals surface area contributed by atoms with Crippen LogP contribution in [0.5, 0.6) is 5.75 Å². The molecule has 122 valence electrons. The first-order valence-corrected chi connectivity index (χ1v) is 7.81. The van der Waals surface area contributed by atoms with E-state index in [1.54, 1.807) is 19.2 Å². The molecule has 0 amide bonds. The minimum Gasteiger partial charge on any atom is -0.497 e. The molecule has 0 radical (unpaired) electrons. The number of rotatable bonds is 7. The lowest BCUT2D eigenvalue weighted by molar-refractivity contribution is -0.114. The number of carbonyl (C=O) groups is 2. The molecular formula is C16H13N3O4S. The number of hydrogen-bond donors (Lipinski definition) is 1. The summed E-state index contributed by atoms with van der Waals surface area (Å²) in [5.41, 5.74) is 0. The maximum atomic E-state index is 11.9. The number of aromatic amines is 1. The van der Waals surface area contributed by atoms with Crippen LogP contribution < -0.4 is 4.74 Å². The molecule has 2 heterocycles. The first-order valence-electron chi connectivity index (χ1n) is 6.99. The molecule has 0 unspecified atom stereocenters. The number of aromatic nitrogens is 3. The van der Waals surface area contributed by atoms with Crippen molar-refractivity contribution < 1.29 is 18.7 Å². The molecule has 0 aliphatic rings. The monoisotopic (exact) mass is 343 g/mol. The van der Waals surface area contributed by atoms with E-state index in [1.807, 2.05) is 24.3 Å². The number of nitrogens with one attached hydrogen (secondary N) is 1. The Kier molecular flexibility index (Phi) is 4.76. The zero-order valence-corrected chi connectivity index (χ0v) is 13.5. The van der Waals surface area contributed by atoms with Crippen molar-refractivity contribution in [1.82, 2.24) is 15.2 Å². The molecule has 0 atom stereocenters.